The molecule has 0 saturated carbocycles. The third-order valence-electron chi connectivity index (χ3n) is 4.47. The second kappa shape index (κ2) is 6.90. The number of hydrogen-bond acceptors (Lipinski definition) is 2. The molecule has 3 unspecified atom stereocenters. The van der Waals surface area contributed by atoms with E-state index in [1.54, 1.807) is 6.07 Å². The first-order valence-electron chi connectivity index (χ1n) is 7.51. The summed E-state index contributed by atoms with van der Waals surface area (Å²) in [5, 5.41) is 3.63. The Hall–Kier alpha value is -0.610. The average Bonchev–Trinajstić information content (AvgIpc) is 2.46. The van der Waals surface area contributed by atoms with Gasteiger partial charge in [0.05, 0.1) is 5.69 Å². The van der Waals surface area contributed by atoms with Crippen molar-refractivity contribution >= 4 is 21.6 Å². The van der Waals surface area contributed by atoms with Gasteiger partial charge >= 0.3 is 0 Å². The number of rotatable bonds is 4. The molecule has 0 aliphatic carbocycles. The van der Waals surface area contributed by atoms with Gasteiger partial charge in [0.2, 0.25) is 0 Å². The molecule has 1 aliphatic heterocycles. The van der Waals surface area contributed by atoms with E-state index in [2.05, 4.69) is 46.9 Å². The predicted molar refractivity (Wildman–Crippen MR) is 86.8 cm³/mol. The molecule has 1 aromatic carbocycles. The van der Waals surface area contributed by atoms with Gasteiger partial charge in [-0.15, -0.1) is 0 Å². The Morgan fingerprint density at radius 1 is 1.45 bits per heavy atom. The van der Waals surface area contributed by atoms with Crippen LogP contribution in [0.4, 0.5) is 10.1 Å². The molecule has 1 fully saturated rings. The largest absolute Gasteiger partial charge is 0.363 e. The molecule has 3 atom stereocenters. The summed E-state index contributed by atoms with van der Waals surface area (Å²) in [5.41, 5.74) is 0.731. The van der Waals surface area contributed by atoms with Gasteiger partial charge < -0.3 is 10.2 Å². The maximum atomic E-state index is 14.3. The Morgan fingerprint density at radius 2 is 2.20 bits per heavy atom. The van der Waals surface area contributed by atoms with Gasteiger partial charge in [-0.2, -0.15) is 0 Å². The van der Waals surface area contributed by atoms with E-state index in [0.717, 1.165) is 36.1 Å². The van der Waals surface area contributed by atoms with E-state index < -0.39 is 0 Å². The summed E-state index contributed by atoms with van der Waals surface area (Å²) in [6, 6.07) is 6.17. The maximum absolute atomic E-state index is 14.3. The molecular weight excluding hydrogens is 319 g/mol. The normalized spacial score (nSPS) is 24.8. The highest BCUT2D eigenvalue weighted by Gasteiger charge is 2.30. The number of hydrogen-bond donors (Lipinski definition) is 1. The van der Waals surface area contributed by atoms with Crippen LogP contribution < -0.4 is 10.2 Å². The van der Waals surface area contributed by atoms with Crippen LogP contribution in [0.15, 0.2) is 22.7 Å². The number of nitrogens with one attached hydrogen (secondary N) is 1. The lowest BCUT2D eigenvalue weighted by Gasteiger charge is -2.43. The summed E-state index contributed by atoms with van der Waals surface area (Å²) in [4.78, 5) is 2.25. The summed E-state index contributed by atoms with van der Waals surface area (Å²) >= 11 is 3.33. The van der Waals surface area contributed by atoms with Gasteiger partial charge in [0.1, 0.15) is 5.82 Å². The maximum Gasteiger partial charge on any atom is 0.147 e. The van der Waals surface area contributed by atoms with Gasteiger partial charge in [0.25, 0.3) is 0 Å². The van der Waals surface area contributed by atoms with E-state index in [1.807, 2.05) is 12.1 Å². The van der Waals surface area contributed by atoms with Crippen LogP contribution in [0.1, 0.15) is 33.6 Å². The van der Waals surface area contributed by atoms with Crippen LogP contribution in [-0.2, 0) is 0 Å². The number of benzene rings is 1. The van der Waals surface area contributed by atoms with Crippen LogP contribution in [0.2, 0.25) is 0 Å². The molecule has 1 N–H and O–H groups in total. The Bertz CT molecular complexity index is 452. The molecule has 0 aromatic heterocycles. The molecule has 0 amide bonds. The van der Waals surface area contributed by atoms with Crippen LogP contribution >= 0.6 is 15.9 Å². The van der Waals surface area contributed by atoms with Crippen LogP contribution in [0.5, 0.6) is 0 Å². The van der Waals surface area contributed by atoms with E-state index in [0.29, 0.717) is 18.0 Å². The number of halogens is 2. The van der Waals surface area contributed by atoms with Crippen molar-refractivity contribution in [3.8, 4) is 0 Å². The summed E-state index contributed by atoms with van der Waals surface area (Å²) in [6.45, 7) is 8.45. The van der Waals surface area contributed by atoms with Gasteiger partial charge in [-0.1, -0.05) is 43.1 Å². The van der Waals surface area contributed by atoms with E-state index >= 15 is 0 Å². The van der Waals surface area contributed by atoms with Crippen molar-refractivity contribution in [1.82, 2.24) is 5.32 Å². The van der Waals surface area contributed by atoms with Crippen LogP contribution in [0.3, 0.4) is 0 Å². The summed E-state index contributed by atoms with van der Waals surface area (Å²) in [7, 11) is 0. The van der Waals surface area contributed by atoms with Crippen molar-refractivity contribution in [1.29, 1.82) is 0 Å². The Kier molecular flexibility index (Phi) is 5.44. The van der Waals surface area contributed by atoms with Crippen LogP contribution in [-0.4, -0.2) is 25.2 Å². The van der Waals surface area contributed by atoms with Crippen molar-refractivity contribution in [3.05, 3.63) is 28.5 Å². The Balaban J connectivity index is 2.24. The lowest BCUT2D eigenvalue weighted by Crippen LogP contribution is -2.58. The highest BCUT2D eigenvalue weighted by Crippen LogP contribution is 2.28. The third-order valence-corrected chi connectivity index (χ3v) is 4.96. The van der Waals surface area contributed by atoms with Crippen LogP contribution in [0.25, 0.3) is 0 Å². The highest BCUT2D eigenvalue weighted by molar-refractivity contribution is 9.10. The second-order valence-corrected chi connectivity index (χ2v) is 6.63. The van der Waals surface area contributed by atoms with Crippen molar-refractivity contribution in [2.45, 2.75) is 45.7 Å². The van der Waals surface area contributed by atoms with E-state index in [9.17, 15) is 4.39 Å². The zero-order valence-electron chi connectivity index (χ0n) is 12.5. The van der Waals surface area contributed by atoms with Crippen molar-refractivity contribution in [3.63, 3.8) is 0 Å². The fraction of sp³-hybridized carbons (Fsp3) is 0.625. The SMILES string of the molecule is CCC(C)C1CN(c2ccc(Br)cc2F)C(CC)CN1. The average molecular weight is 343 g/mol. The first-order valence-corrected chi connectivity index (χ1v) is 8.31. The minimum atomic E-state index is -0.136. The topological polar surface area (TPSA) is 15.3 Å². The molecule has 1 aliphatic rings. The van der Waals surface area contributed by atoms with Gasteiger partial charge in [0.15, 0.2) is 0 Å². The molecule has 1 aromatic rings. The highest BCUT2D eigenvalue weighted by atomic mass is 79.9. The van der Waals surface area contributed by atoms with Crippen molar-refractivity contribution < 1.29 is 4.39 Å². The first kappa shape index (κ1) is 15.8. The second-order valence-electron chi connectivity index (χ2n) is 5.71. The summed E-state index contributed by atoms with van der Waals surface area (Å²) < 4.78 is 15.1. The molecule has 0 spiro atoms. The van der Waals surface area contributed by atoms with Gasteiger partial charge in [-0.25, -0.2) is 4.39 Å². The minimum Gasteiger partial charge on any atom is -0.363 e. The standard InChI is InChI=1S/C16H24BrFN2/c1-4-11(3)15-10-20(13(5-2)9-19-15)16-7-6-12(17)8-14(16)18/h6-8,11,13,15,19H,4-5,9-10H2,1-3H3. The van der Waals surface area contributed by atoms with Gasteiger partial charge in [-0.05, 0) is 30.5 Å². The van der Waals surface area contributed by atoms with Gasteiger partial charge in [-0.3, -0.25) is 0 Å². The molecule has 0 bridgehead atoms. The quantitative estimate of drug-likeness (QED) is 0.882. The number of piperazine rings is 1. The fourth-order valence-corrected chi connectivity index (χ4v) is 3.20. The Labute approximate surface area is 129 Å². The molecule has 0 radical (unpaired) electrons. The molecule has 1 saturated heterocycles. The van der Waals surface area contributed by atoms with Crippen molar-refractivity contribution in [2.75, 3.05) is 18.0 Å². The zero-order valence-corrected chi connectivity index (χ0v) is 14.1. The molecule has 1 heterocycles. The van der Waals surface area contributed by atoms with Crippen LogP contribution in [0, 0.1) is 11.7 Å². The fourth-order valence-electron chi connectivity index (χ4n) is 2.86. The smallest absolute Gasteiger partial charge is 0.147 e. The lowest BCUT2D eigenvalue weighted by molar-refractivity contribution is 0.304. The summed E-state index contributed by atoms with van der Waals surface area (Å²) in [6.07, 6.45) is 2.17. The minimum absolute atomic E-state index is 0.136. The summed E-state index contributed by atoms with van der Waals surface area (Å²) in [5.74, 6) is 0.469. The number of nitrogens with zero attached hydrogens (tertiary/aromatic N) is 1. The monoisotopic (exact) mass is 342 g/mol. The van der Waals surface area contributed by atoms with E-state index in [4.69, 9.17) is 0 Å². The first-order chi connectivity index (χ1) is 9.56. The third kappa shape index (κ3) is 3.34. The van der Waals surface area contributed by atoms with E-state index in [-0.39, 0.29) is 5.82 Å². The molecule has 2 nitrogen and oxygen atoms in total. The lowest BCUT2D eigenvalue weighted by atomic mass is 9.94. The number of anilines is 1. The molecule has 4 heteroatoms. The van der Waals surface area contributed by atoms with E-state index in [1.165, 1.54) is 0 Å². The zero-order chi connectivity index (χ0) is 14.7. The molecule has 2 rings (SSSR count). The molecule has 112 valence electrons. The molecule has 20 heavy (non-hydrogen) atoms. The molecular formula is C16H24BrFN2. The Morgan fingerprint density at radius 3 is 2.80 bits per heavy atom. The van der Waals surface area contributed by atoms with Gasteiger partial charge in [0, 0.05) is 29.6 Å². The van der Waals surface area contributed by atoms with Crippen molar-refractivity contribution in [2.24, 2.45) is 5.92 Å². The predicted octanol–water partition coefficient (Wildman–Crippen LogP) is 4.19.